The van der Waals surface area contributed by atoms with Gasteiger partial charge in [-0.25, -0.2) is 0 Å². The van der Waals surface area contributed by atoms with E-state index in [0.29, 0.717) is 0 Å². The maximum absolute atomic E-state index is 12.1. The van der Waals surface area contributed by atoms with Crippen molar-refractivity contribution in [3.8, 4) is 5.75 Å². The first-order chi connectivity index (χ1) is 10.1. The van der Waals surface area contributed by atoms with Crippen LogP contribution in [0.15, 0.2) is 48.5 Å². The molecule has 1 unspecified atom stereocenters. The van der Waals surface area contributed by atoms with Crippen LogP contribution in [0.25, 0.3) is 0 Å². The Morgan fingerprint density at radius 1 is 1.05 bits per heavy atom. The maximum atomic E-state index is 12.1. The van der Waals surface area contributed by atoms with E-state index in [9.17, 15) is 8.78 Å². The molecule has 0 saturated heterocycles. The van der Waals surface area contributed by atoms with Gasteiger partial charge in [-0.2, -0.15) is 8.78 Å². The third-order valence-corrected chi connectivity index (χ3v) is 3.47. The van der Waals surface area contributed by atoms with E-state index < -0.39 is 6.61 Å². The molecule has 0 saturated carbocycles. The summed E-state index contributed by atoms with van der Waals surface area (Å²) in [6.45, 7) is 2.11. The summed E-state index contributed by atoms with van der Waals surface area (Å²) in [6, 6.07) is 15.1. The van der Waals surface area contributed by atoms with Gasteiger partial charge in [0.05, 0.1) is 0 Å². The number of rotatable bonds is 6. The topological polar surface area (TPSA) is 21.3 Å². The van der Waals surface area contributed by atoms with Crippen molar-refractivity contribution in [2.45, 2.75) is 33.0 Å². The summed E-state index contributed by atoms with van der Waals surface area (Å²) in [5.41, 5.74) is 3.53. The lowest BCUT2D eigenvalue weighted by molar-refractivity contribution is -0.0498. The standard InChI is InChI=1S/C17H19F2NO/c1-12-5-3-4-6-15(12)11-20-13(2)14-7-9-16(10-8-14)21-17(18)19/h3-10,13,17,20H,11H2,1-2H3. The summed E-state index contributed by atoms with van der Waals surface area (Å²) in [5, 5.41) is 3.43. The third-order valence-electron chi connectivity index (χ3n) is 3.47. The van der Waals surface area contributed by atoms with Gasteiger partial charge in [0.1, 0.15) is 5.75 Å². The summed E-state index contributed by atoms with van der Waals surface area (Å²) in [6.07, 6.45) is 0. The summed E-state index contributed by atoms with van der Waals surface area (Å²) in [5.74, 6) is 0.180. The molecular formula is C17H19F2NO. The van der Waals surface area contributed by atoms with Crippen molar-refractivity contribution in [2.75, 3.05) is 0 Å². The van der Waals surface area contributed by atoms with Crippen LogP contribution in [0, 0.1) is 6.92 Å². The number of alkyl halides is 2. The Kier molecular flexibility index (Phi) is 5.28. The SMILES string of the molecule is Cc1ccccc1CNC(C)c1ccc(OC(F)F)cc1. The van der Waals surface area contributed by atoms with E-state index >= 15 is 0 Å². The fourth-order valence-corrected chi connectivity index (χ4v) is 2.13. The second-order valence-corrected chi connectivity index (χ2v) is 4.98. The van der Waals surface area contributed by atoms with Crippen molar-refractivity contribution in [3.05, 3.63) is 65.2 Å². The van der Waals surface area contributed by atoms with Crippen LogP contribution in [-0.2, 0) is 6.54 Å². The number of aryl methyl sites for hydroxylation is 1. The second-order valence-electron chi connectivity index (χ2n) is 4.98. The van der Waals surface area contributed by atoms with E-state index in [2.05, 4.69) is 29.1 Å². The van der Waals surface area contributed by atoms with Gasteiger partial charge in [0.15, 0.2) is 0 Å². The molecule has 0 spiro atoms. The molecule has 21 heavy (non-hydrogen) atoms. The van der Waals surface area contributed by atoms with Crippen LogP contribution in [0.3, 0.4) is 0 Å². The van der Waals surface area contributed by atoms with Gasteiger partial charge in [0, 0.05) is 12.6 Å². The Labute approximate surface area is 123 Å². The molecule has 0 aliphatic heterocycles. The highest BCUT2D eigenvalue weighted by Crippen LogP contribution is 2.19. The Hall–Kier alpha value is -1.94. The van der Waals surface area contributed by atoms with Gasteiger partial charge < -0.3 is 10.1 Å². The van der Waals surface area contributed by atoms with Gasteiger partial charge >= 0.3 is 6.61 Å². The highest BCUT2D eigenvalue weighted by Gasteiger charge is 2.08. The zero-order chi connectivity index (χ0) is 15.2. The van der Waals surface area contributed by atoms with E-state index in [4.69, 9.17) is 0 Å². The molecule has 2 aromatic rings. The van der Waals surface area contributed by atoms with Gasteiger partial charge in [-0.1, -0.05) is 36.4 Å². The number of hydrogen-bond acceptors (Lipinski definition) is 2. The molecule has 0 aromatic heterocycles. The van der Waals surface area contributed by atoms with E-state index in [-0.39, 0.29) is 11.8 Å². The van der Waals surface area contributed by atoms with Crippen molar-refractivity contribution in [1.82, 2.24) is 5.32 Å². The Balaban J connectivity index is 1.94. The molecule has 112 valence electrons. The number of ether oxygens (including phenoxy) is 1. The van der Waals surface area contributed by atoms with E-state index in [1.54, 1.807) is 24.3 Å². The molecule has 0 amide bonds. The Bertz CT molecular complexity index is 569. The van der Waals surface area contributed by atoms with Crippen LogP contribution in [-0.4, -0.2) is 6.61 Å². The predicted octanol–water partition coefficient (Wildman–Crippen LogP) is 4.45. The van der Waals surface area contributed by atoms with Gasteiger partial charge in [-0.3, -0.25) is 0 Å². The molecule has 4 heteroatoms. The molecule has 0 fully saturated rings. The first-order valence-corrected chi connectivity index (χ1v) is 6.89. The normalized spacial score (nSPS) is 12.4. The summed E-state index contributed by atoms with van der Waals surface area (Å²) in [4.78, 5) is 0. The number of nitrogens with one attached hydrogen (secondary N) is 1. The molecule has 1 N–H and O–H groups in total. The Morgan fingerprint density at radius 3 is 2.33 bits per heavy atom. The molecule has 0 aliphatic carbocycles. The molecule has 0 heterocycles. The van der Waals surface area contributed by atoms with Crippen molar-refractivity contribution in [2.24, 2.45) is 0 Å². The minimum absolute atomic E-state index is 0.130. The lowest BCUT2D eigenvalue weighted by atomic mass is 10.1. The average molecular weight is 291 g/mol. The maximum Gasteiger partial charge on any atom is 0.387 e. The zero-order valence-corrected chi connectivity index (χ0v) is 12.1. The zero-order valence-electron chi connectivity index (χ0n) is 12.1. The molecule has 2 nitrogen and oxygen atoms in total. The van der Waals surface area contributed by atoms with E-state index in [1.807, 2.05) is 19.1 Å². The molecule has 0 radical (unpaired) electrons. The molecular weight excluding hydrogens is 272 g/mol. The van der Waals surface area contributed by atoms with Crippen molar-refractivity contribution >= 4 is 0 Å². The molecule has 1 atom stereocenters. The summed E-state index contributed by atoms with van der Waals surface area (Å²) < 4.78 is 28.5. The van der Waals surface area contributed by atoms with Gasteiger partial charge in [0.2, 0.25) is 0 Å². The molecule has 0 bridgehead atoms. The van der Waals surface area contributed by atoms with Crippen LogP contribution in [0.4, 0.5) is 8.78 Å². The third kappa shape index (κ3) is 4.53. The predicted molar refractivity (Wildman–Crippen MR) is 79.5 cm³/mol. The minimum Gasteiger partial charge on any atom is -0.435 e. The first kappa shape index (κ1) is 15.4. The van der Waals surface area contributed by atoms with Gasteiger partial charge in [-0.05, 0) is 42.7 Å². The fourth-order valence-electron chi connectivity index (χ4n) is 2.13. The van der Waals surface area contributed by atoms with Crippen LogP contribution in [0.2, 0.25) is 0 Å². The largest absolute Gasteiger partial charge is 0.435 e. The van der Waals surface area contributed by atoms with Crippen molar-refractivity contribution in [3.63, 3.8) is 0 Å². The van der Waals surface area contributed by atoms with Crippen molar-refractivity contribution < 1.29 is 13.5 Å². The molecule has 2 rings (SSSR count). The lowest BCUT2D eigenvalue weighted by Gasteiger charge is -2.16. The minimum atomic E-state index is -2.78. The van der Waals surface area contributed by atoms with Gasteiger partial charge in [0.25, 0.3) is 0 Å². The lowest BCUT2D eigenvalue weighted by Crippen LogP contribution is -2.18. The first-order valence-electron chi connectivity index (χ1n) is 6.89. The smallest absolute Gasteiger partial charge is 0.387 e. The average Bonchev–Trinajstić information content (AvgIpc) is 2.46. The molecule has 0 aliphatic rings. The van der Waals surface area contributed by atoms with Crippen molar-refractivity contribution in [1.29, 1.82) is 0 Å². The summed E-state index contributed by atoms with van der Waals surface area (Å²) in [7, 11) is 0. The number of hydrogen-bond donors (Lipinski definition) is 1. The fraction of sp³-hybridized carbons (Fsp3) is 0.294. The van der Waals surface area contributed by atoms with Crippen LogP contribution >= 0.6 is 0 Å². The highest BCUT2D eigenvalue weighted by molar-refractivity contribution is 5.29. The highest BCUT2D eigenvalue weighted by atomic mass is 19.3. The van der Waals surface area contributed by atoms with Gasteiger partial charge in [-0.15, -0.1) is 0 Å². The van der Waals surface area contributed by atoms with Crippen LogP contribution in [0.1, 0.15) is 29.7 Å². The van der Waals surface area contributed by atoms with Crippen LogP contribution < -0.4 is 10.1 Å². The monoisotopic (exact) mass is 291 g/mol. The van der Waals surface area contributed by atoms with E-state index in [0.717, 1.165) is 12.1 Å². The summed E-state index contributed by atoms with van der Waals surface area (Å²) >= 11 is 0. The second kappa shape index (κ2) is 7.18. The molecule has 2 aromatic carbocycles. The quantitative estimate of drug-likeness (QED) is 0.849. The Morgan fingerprint density at radius 2 is 1.71 bits per heavy atom. The van der Waals surface area contributed by atoms with Crippen LogP contribution in [0.5, 0.6) is 5.75 Å². The van der Waals surface area contributed by atoms with E-state index in [1.165, 1.54) is 11.1 Å². The number of benzene rings is 2. The number of halogens is 2.